The summed E-state index contributed by atoms with van der Waals surface area (Å²) in [7, 11) is 0. The molecule has 0 bridgehead atoms. The lowest BCUT2D eigenvalue weighted by Gasteiger charge is -2.20. The van der Waals surface area contributed by atoms with Gasteiger partial charge in [0.2, 0.25) is 0 Å². The van der Waals surface area contributed by atoms with E-state index < -0.39 is 0 Å². The smallest absolute Gasteiger partial charge is 0.0646 e. The summed E-state index contributed by atoms with van der Waals surface area (Å²) in [5.41, 5.74) is 7.76. The van der Waals surface area contributed by atoms with E-state index in [2.05, 4.69) is 49.0 Å². The molecule has 0 fully saturated rings. The first-order valence-electron chi connectivity index (χ1n) is 7.59. The Morgan fingerprint density at radius 3 is 2.81 bits per heavy atom. The third-order valence-corrected chi connectivity index (χ3v) is 4.55. The molecule has 1 aliphatic heterocycles. The van der Waals surface area contributed by atoms with Crippen LogP contribution in [0.1, 0.15) is 28.1 Å². The monoisotopic (exact) mass is 285 g/mol. The van der Waals surface area contributed by atoms with Crippen molar-refractivity contribution in [1.29, 1.82) is 0 Å². The molecule has 1 aliphatic rings. The summed E-state index contributed by atoms with van der Waals surface area (Å²) in [4.78, 5) is 2.45. The number of aromatic nitrogens is 2. The van der Waals surface area contributed by atoms with Crippen LogP contribution in [-0.4, -0.2) is 28.0 Å². The Hall–Kier alpha value is -1.81. The van der Waals surface area contributed by atoms with E-state index in [1.807, 2.05) is 4.68 Å². The van der Waals surface area contributed by atoms with Crippen LogP contribution < -0.4 is 4.90 Å². The highest BCUT2D eigenvalue weighted by atomic mass is 16.3. The number of aliphatic hydroxyl groups is 1. The fraction of sp³-hybridized carbons (Fsp3) is 0.471. The molecule has 0 spiro atoms. The van der Waals surface area contributed by atoms with Gasteiger partial charge in [-0.15, -0.1) is 0 Å². The lowest BCUT2D eigenvalue weighted by atomic mass is 10.1. The second kappa shape index (κ2) is 5.53. The molecule has 4 heteroatoms. The van der Waals surface area contributed by atoms with E-state index in [0.717, 1.165) is 25.2 Å². The van der Waals surface area contributed by atoms with E-state index in [1.165, 1.54) is 28.1 Å². The van der Waals surface area contributed by atoms with Gasteiger partial charge >= 0.3 is 0 Å². The summed E-state index contributed by atoms with van der Waals surface area (Å²) >= 11 is 0. The maximum Gasteiger partial charge on any atom is 0.0646 e. The molecule has 0 aliphatic carbocycles. The summed E-state index contributed by atoms with van der Waals surface area (Å²) in [5, 5.41) is 13.7. The summed E-state index contributed by atoms with van der Waals surface area (Å²) in [6, 6.07) is 6.55. The van der Waals surface area contributed by atoms with Gasteiger partial charge in [0.1, 0.15) is 0 Å². The summed E-state index contributed by atoms with van der Waals surface area (Å²) in [5.74, 6) is 0. The zero-order valence-corrected chi connectivity index (χ0v) is 13.1. The zero-order valence-electron chi connectivity index (χ0n) is 13.1. The molecular formula is C17H23N3O. The van der Waals surface area contributed by atoms with Crippen LogP contribution in [0.15, 0.2) is 18.2 Å². The molecule has 1 aromatic heterocycles. The molecule has 1 N–H and O–H groups in total. The van der Waals surface area contributed by atoms with Gasteiger partial charge in [0, 0.05) is 30.0 Å². The van der Waals surface area contributed by atoms with Crippen LogP contribution in [-0.2, 0) is 19.5 Å². The van der Waals surface area contributed by atoms with Crippen molar-refractivity contribution in [1.82, 2.24) is 9.78 Å². The Balaban J connectivity index is 1.88. The molecule has 0 amide bonds. The first-order valence-corrected chi connectivity index (χ1v) is 7.59. The van der Waals surface area contributed by atoms with Crippen molar-refractivity contribution in [2.75, 3.05) is 18.1 Å². The third-order valence-electron chi connectivity index (χ3n) is 4.55. The number of aryl methyl sites for hydroxylation is 2. The molecule has 0 atom stereocenters. The Morgan fingerprint density at radius 1 is 1.24 bits per heavy atom. The molecule has 2 aromatic rings. The number of fused-ring (bicyclic) bond motifs is 1. The summed E-state index contributed by atoms with van der Waals surface area (Å²) in [6.07, 6.45) is 1.13. The van der Waals surface area contributed by atoms with E-state index >= 15 is 0 Å². The normalized spacial score (nSPS) is 13.8. The predicted molar refractivity (Wildman–Crippen MR) is 84.7 cm³/mol. The molecule has 21 heavy (non-hydrogen) atoms. The fourth-order valence-corrected chi connectivity index (χ4v) is 3.31. The van der Waals surface area contributed by atoms with Crippen LogP contribution in [0.5, 0.6) is 0 Å². The fourth-order valence-electron chi connectivity index (χ4n) is 3.31. The molecule has 0 saturated heterocycles. The SMILES string of the molecule is Cc1cccc2c1CCN2Cc1c(C)nn(CCO)c1C. The van der Waals surface area contributed by atoms with E-state index in [-0.39, 0.29) is 6.61 Å². The Labute approximate surface area is 126 Å². The average Bonchev–Trinajstić information content (AvgIpc) is 2.98. The van der Waals surface area contributed by atoms with Crippen molar-refractivity contribution in [3.63, 3.8) is 0 Å². The number of hydrogen-bond donors (Lipinski definition) is 1. The van der Waals surface area contributed by atoms with Gasteiger partial charge in [-0.3, -0.25) is 4.68 Å². The van der Waals surface area contributed by atoms with Gasteiger partial charge in [-0.1, -0.05) is 12.1 Å². The van der Waals surface area contributed by atoms with Gasteiger partial charge in [0.25, 0.3) is 0 Å². The minimum atomic E-state index is 0.132. The number of nitrogens with zero attached hydrogens (tertiary/aromatic N) is 3. The van der Waals surface area contributed by atoms with Crippen molar-refractivity contribution in [3.8, 4) is 0 Å². The number of hydrogen-bond acceptors (Lipinski definition) is 3. The maximum atomic E-state index is 9.12. The lowest BCUT2D eigenvalue weighted by molar-refractivity contribution is 0.268. The predicted octanol–water partition coefficient (Wildman–Crippen LogP) is 2.36. The minimum absolute atomic E-state index is 0.132. The van der Waals surface area contributed by atoms with Crippen LogP contribution in [0.2, 0.25) is 0 Å². The van der Waals surface area contributed by atoms with Crippen molar-refractivity contribution in [2.45, 2.75) is 40.3 Å². The highest BCUT2D eigenvalue weighted by molar-refractivity contribution is 5.61. The molecule has 0 unspecified atom stereocenters. The lowest BCUT2D eigenvalue weighted by Crippen LogP contribution is -2.20. The number of anilines is 1. The first kappa shape index (κ1) is 14.1. The quantitative estimate of drug-likeness (QED) is 0.937. The second-order valence-electron chi connectivity index (χ2n) is 5.84. The highest BCUT2D eigenvalue weighted by Gasteiger charge is 2.22. The number of benzene rings is 1. The molecular weight excluding hydrogens is 262 g/mol. The van der Waals surface area contributed by atoms with Gasteiger partial charge in [0.05, 0.1) is 18.8 Å². The topological polar surface area (TPSA) is 41.3 Å². The number of rotatable bonds is 4. The van der Waals surface area contributed by atoms with Crippen molar-refractivity contribution < 1.29 is 5.11 Å². The largest absolute Gasteiger partial charge is 0.394 e. The molecule has 4 nitrogen and oxygen atoms in total. The molecule has 0 saturated carbocycles. The van der Waals surface area contributed by atoms with Gasteiger partial charge in [-0.25, -0.2) is 0 Å². The second-order valence-corrected chi connectivity index (χ2v) is 5.84. The van der Waals surface area contributed by atoms with Gasteiger partial charge in [-0.2, -0.15) is 5.10 Å². The molecule has 0 radical (unpaired) electrons. The van der Waals surface area contributed by atoms with Crippen molar-refractivity contribution >= 4 is 5.69 Å². The third kappa shape index (κ3) is 2.44. The van der Waals surface area contributed by atoms with Crippen molar-refractivity contribution in [2.24, 2.45) is 0 Å². The maximum absolute atomic E-state index is 9.12. The highest BCUT2D eigenvalue weighted by Crippen LogP contribution is 2.32. The van der Waals surface area contributed by atoms with E-state index in [4.69, 9.17) is 5.11 Å². The summed E-state index contributed by atoms with van der Waals surface area (Å²) in [6.45, 7) is 9.03. The van der Waals surface area contributed by atoms with Gasteiger partial charge in [0.15, 0.2) is 0 Å². The Bertz CT molecular complexity index is 660. The van der Waals surface area contributed by atoms with E-state index in [9.17, 15) is 0 Å². The van der Waals surface area contributed by atoms with Crippen LogP contribution in [0.3, 0.4) is 0 Å². The standard InChI is InChI=1S/C17H23N3O/c1-12-5-4-6-17-15(12)7-8-19(17)11-16-13(2)18-20(9-10-21)14(16)3/h4-6,21H,7-11H2,1-3H3. The van der Waals surface area contributed by atoms with Crippen LogP contribution in [0.4, 0.5) is 5.69 Å². The van der Waals surface area contributed by atoms with Crippen LogP contribution >= 0.6 is 0 Å². The number of aliphatic hydroxyl groups excluding tert-OH is 1. The van der Waals surface area contributed by atoms with Crippen LogP contribution in [0.25, 0.3) is 0 Å². The average molecular weight is 285 g/mol. The van der Waals surface area contributed by atoms with E-state index in [1.54, 1.807) is 0 Å². The minimum Gasteiger partial charge on any atom is -0.394 e. The molecule has 2 heterocycles. The van der Waals surface area contributed by atoms with Gasteiger partial charge < -0.3 is 10.0 Å². The molecule has 1 aromatic carbocycles. The van der Waals surface area contributed by atoms with E-state index in [0.29, 0.717) is 6.54 Å². The first-order chi connectivity index (χ1) is 10.1. The summed E-state index contributed by atoms with van der Waals surface area (Å²) < 4.78 is 1.91. The Kier molecular flexibility index (Phi) is 3.72. The Morgan fingerprint density at radius 2 is 2.05 bits per heavy atom. The van der Waals surface area contributed by atoms with Gasteiger partial charge in [-0.05, 0) is 44.4 Å². The molecule has 112 valence electrons. The molecule has 3 rings (SSSR count). The van der Waals surface area contributed by atoms with Crippen molar-refractivity contribution in [3.05, 3.63) is 46.3 Å². The zero-order chi connectivity index (χ0) is 15.0. The van der Waals surface area contributed by atoms with Crippen LogP contribution in [0, 0.1) is 20.8 Å².